The van der Waals surface area contributed by atoms with Gasteiger partial charge in [-0.1, -0.05) is 6.08 Å². The van der Waals surface area contributed by atoms with Gasteiger partial charge < -0.3 is 4.74 Å². The minimum Gasteiger partial charge on any atom is -0.466 e. The van der Waals surface area contributed by atoms with E-state index >= 15 is 0 Å². The van der Waals surface area contributed by atoms with Crippen LogP contribution in [0.1, 0.15) is 19.3 Å². The average Bonchev–Trinajstić information content (AvgIpc) is 2.16. The van der Waals surface area contributed by atoms with Gasteiger partial charge in [0.2, 0.25) is 0 Å². The van der Waals surface area contributed by atoms with Crippen LogP contribution in [0.4, 0.5) is 0 Å². The molecule has 0 aliphatic carbocycles. The van der Waals surface area contributed by atoms with E-state index in [9.17, 15) is 13.2 Å². The predicted octanol–water partition coefficient (Wildman–Crippen LogP) is 0.931. The maximum atomic E-state index is 11.3. The van der Waals surface area contributed by atoms with Gasteiger partial charge in [0.25, 0.3) is 0 Å². The molecule has 1 fully saturated rings. The number of carbonyl (C=O) groups excluding carboxylic acids is 1. The molecule has 0 amide bonds. The lowest BCUT2D eigenvalue weighted by Gasteiger charge is -2.20. The van der Waals surface area contributed by atoms with Crippen LogP contribution in [-0.4, -0.2) is 33.0 Å². The highest BCUT2D eigenvalue weighted by Gasteiger charge is 2.23. The molecular weight excluding hydrogens is 216 g/mol. The van der Waals surface area contributed by atoms with Crippen molar-refractivity contribution in [2.75, 3.05) is 18.6 Å². The van der Waals surface area contributed by atoms with Gasteiger partial charge >= 0.3 is 5.97 Å². The molecule has 0 aromatic heterocycles. The third-order valence-corrected chi connectivity index (χ3v) is 4.37. The van der Waals surface area contributed by atoms with E-state index in [0.717, 1.165) is 12.8 Å². The molecule has 86 valence electrons. The number of methoxy groups -OCH3 is 1. The van der Waals surface area contributed by atoms with Crippen molar-refractivity contribution < 1.29 is 17.9 Å². The van der Waals surface area contributed by atoms with Crippen molar-refractivity contribution in [3.05, 3.63) is 12.2 Å². The fourth-order valence-electron chi connectivity index (χ4n) is 1.73. The summed E-state index contributed by atoms with van der Waals surface area (Å²) in [4.78, 5) is 10.8. The second kappa shape index (κ2) is 5.30. The van der Waals surface area contributed by atoms with E-state index < -0.39 is 15.8 Å². The SMILES string of the molecule is COC(=O)/C=C\CC1CCCS(=O)(=O)C1. The second-order valence-corrected chi connectivity index (χ2v) is 6.01. The molecule has 1 aliphatic heterocycles. The summed E-state index contributed by atoms with van der Waals surface area (Å²) < 4.78 is 27.0. The van der Waals surface area contributed by atoms with Crippen molar-refractivity contribution in [1.82, 2.24) is 0 Å². The van der Waals surface area contributed by atoms with Crippen molar-refractivity contribution in [2.45, 2.75) is 19.3 Å². The summed E-state index contributed by atoms with van der Waals surface area (Å²) in [7, 11) is -1.52. The number of hydrogen-bond donors (Lipinski definition) is 0. The Balaban J connectivity index is 2.39. The lowest BCUT2D eigenvalue weighted by atomic mass is 10.0. The Morgan fingerprint density at radius 2 is 2.27 bits per heavy atom. The Morgan fingerprint density at radius 1 is 1.53 bits per heavy atom. The van der Waals surface area contributed by atoms with Crippen LogP contribution >= 0.6 is 0 Å². The quantitative estimate of drug-likeness (QED) is 0.536. The van der Waals surface area contributed by atoms with Gasteiger partial charge in [-0.05, 0) is 25.2 Å². The van der Waals surface area contributed by atoms with Crippen LogP contribution in [0, 0.1) is 5.92 Å². The maximum Gasteiger partial charge on any atom is 0.330 e. The third kappa shape index (κ3) is 4.46. The molecule has 1 saturated heterocycles. The van der Waals surface area contributed by atoms with E-state index in [2.05, 4.69) is 4.74 Å². The van der Waals surface area contributed by atoms with Crippen molar-refractivity contribution in [1.29, 1.82) is 0 Å². The molecular formula is C10H16O4S. The van der Waals surface area contributed by atoms with Crippen LogP contribution in [0.2, 0.25) is 0 Å². The molecule has 4 nitrogen and oxygen atoms in total. The van der Waals surface area contributed by atoms with Crippen molar-refractivity contribution in [2.24, 2.45) is 5.92 Å². The minimum atomic E-state index is -2.84. The minimum absolute atomic E-state index is 0.157. The number of rotatable bonds is 3. The van der Waals surface area contributed by atoms with E-state index in [-0.39, 0.29) is 11.7 Å². The zero-order valence-electron chi connectivity index (χ0n) is 8.81. The molecule has 1 rings (SSSR count). The van der Waals surface area contributed by atoms with Gasteiger partial charge in [-0.15, -0.1) is 0 Å². The summed E-state index contributed by atoms with van der Waals surface area (Å²) in [5.41, 5.74) is 0. The first-order valence-electron chi connectivity index (χ1n) is 4.98. The van der Waals surface area contributed by atoms with Crippen LogP contribution in [0.25, 0.3) is 0 Å². The molecule has 0 bridgehead atoms. The van der Waals surface area contributed by atoms with Gasteiger partial charge in [-0.3, -0.25) is 0 Å². The number of sulfone groups is 1. The van der Waals surface area contributed by atoms with Crippen LogP contribution in [-0.2, 0) is 19.4 Å². The van der Waals surface area contributed by atoms with Crippen molar-refractivity contribution in [3.8, 4) is 0 Å². The summed E-state index contributed by atoms with van der Waals surface area (Å²) in [6, 6.07) is 0. The van der Waals surface area contributed by atoms with E-state index in [1.54, 1.807) is 6.08 Å². The first-order valence-corrected chi connectivity index (χ1v) is 6.80. The summed E-state index contributed by atoms with van der Waals surface area (Å²) in [6.45, 7) is 0. The average molecular weight is 232 g/mol. The highest BCUT2D eigenvalue weighted by atomic mass is 32.2. The van der Waals surface area contributed by atoms with Gasteiger partial charge in [-0.2, -0.15) is 0 Å². The summed E-state index contributed by atoms with van der Waals surface area (Å²) in [5.74, 6) is 0.321. The Bertz CT molecular complexity index is 342. The van der Waals surface area contributed by atoms with Crippen LogP contribution in [0.15, 0.2) is 12.2 Å². The largest absolute Gasteiger partial charge is 0.466 e. The lowest BCUT2D eigenvalue weighted by Crippen LogP contribution is -2.24. The standard InChI is InChI=1S/C10H16O4S/c1-14-10(11)6-2-4-9-5-3-7-15(12,13)8-9/h2,6,9H,3-5,7-8H2,1H3/b6-2-. The second-order valence-electron chi connectivity index (χ2n) is 3.78. The van der Waals surface area contributed by atoms with Gasteiger partial charge in [0.1, 0.15) is 0 Å². The smallest absolute Gasteiger partial charge is 0.330 e. The zero-order chi connectivity index (χ0) is 11.3. The molecule has 1 aliphatic rings. The molecule has 0 spiro atoms. The molecule has 0 aromatic rings. The fraction of sp³-hybridized carbons (Fsp3) is 0.700. The molecule has 0 radical (unpaired) electrons. The molecule has 1 atom stereocenters. The van der Waals surface area contributed by atoms with E-state index in [1.165, 1.54) is 13.2 Å². The fourth-order valence-corrected chi connectivity index (χ4v) is 3.52. The van der Waals surface area contributed by atoms with E-state index in [1.807, 2.05) is 0 Å². The summed E-state index contributed by atoms with van der Waals surface area (Å²) >= 11 is 0. The lowest BCUT2D eigenvalue weighted by molar-refractivity contribution is -0.134. The molecule has 1 heterocycles. The Labute approximate surface area is 90.2 Å². The van der Waals surface area contributed by atoms with Gasteiger partial charge in [0.05, 0.1) is 18.6 Å². The third-order valence-electron chi connectivity index (χ3n) is 2.48. The molecule has 15 heavy (non-hydrogen) atoms. The molecule has 0 saturated carbocycles. The van der Waals surface area contributed by atoms with E-state index in [0.29, 0.717) is 12.2 Å². The predicted molar refractivity (Wildman–Crippen MR) is 57.2 cm³/mol. The normalized spacial score (nSPS) is 25.3. The summed E-state index contributed by atoms with van der Waals surface area (Å²) in [5, 5.41) is 0. The molecule has 0 N–H and O–H groups in total. The van der Waals surface area contributed by atoms with Crippen molar-refractivity contribution >= 4 is 15.8 Å². The van der Waals surface area contributed by atoms with Crippen LogP contribution in [0.3, 0.4) is 0 Å². The zero-order valence-corrected chi connectivity index (χ0v) is 9.63. The number of ether oxygens (including phenoxy) is 1. The topological polar surface area (TPSA) is 60.4 Å². The van der Waals surface area contributed by atoms with Gasteiger partial charge in [-0.25, -0.2) is 13.2 Å². The van der Waals surface area contributed by atoms with Gasteiger partial charge in [0.15, 0.2) is 9.84 Å². The first kappa shape index (κ1) is 12.2. The van der Waals surface area contributed by atoms with E-state index in [4.69, 9.17) is 0 Å². The number of carbonyl (C=O) groups is 1. The highest BCUT2D eigenvalue weighted by molar-refractivity contribution is 7.91. The first-order chi connectivity index (χ1) is 7.03. The number of hydrogen-bond acceptors (Lipinski definition) is 4. The van der Waals surface area contributed by atoms with Crippen molar-refractivity contribution in [3.63, 3.8) is 0 Å². The van der Waals surface area contributed by atoms with Crippen LogP contribution < -0.4 is 0 Å². The van der Waals surface area contributed by atoms with Crippen LogP contribution in [0.5, 0.6) is 0 Å². The molecule has 1 unspecified atom stereocenters. The Morgan fingerprint density at radius 3 is 2.87 bits per heavy atom. The molecule has 5 heteroatoms. The highest BCUT2D eigenvalue weighted by Crippen LogP contribution is 2.21. The number of esters is 1. The summed E-state index contributed by atoms with van der Waals surface area (Å²) in [6.07, 6.45) is 5.33. The van der Waals surface area contributed by atoms with Gasteiger partial charge in [0, 0.05) is 6.08 Å². The Kier molecular flexibility index (Phi) is 4.32. The molecule has 0 aromatic carbocycles. The Hall–Kier alpha value is -0.840. The monoisotopic (exact) mass is 232 g/mol. The maximum absolute atomic E-state index is 11.3. The number of allylic oxidation sites excluding steroid dienone is 1.